The average molecular weight is 404 g/mol. The highest BCUT2D eigenvalue weighted by molar-refractivity contribution is 7.91. The topological polar surface area (TPSA) is 59.4 Å². The minimum absolute atomic E-state index is 0.0379. The maximum Gasteiger partial charge on any atom is 0.246 e. The number of carbonyl (C=O) groups excluding carboxylic acids is 1. The summed E-state index contributed by atoms with van der Waals surface area (Å²) in [6, 6.07) is 24.9. The summed E-state index contributed by atoms with van der Waals surface area (Å²) in [6.45, 7) is 0.0379. The molecule has 1 amide bonds. The van der Waals surface area contributed by atoms with Gasteiger partial charge in [0.15, 0.2) is 0 Å². The highest BCUT2D eigenvalue weighted by atomic mass is 32.2. The quantitative estimate of drug-likeness (QED) is 0.502. The van der Waals surface area contributed by atoms with E-state index < -0.39 is 9.84 Å². The lowest BCUT2D eigenvalue weighted by molar-refractivity contribution is -0.118. The molecule has 0 N–H and O–H groups in total. The predicted octanol–water partition coefficient (Wildman–Crippen LogP) is 4.14. The number of likely N-dealkylation sites (N-methyl/N-ethyl adjacent to an activating group) is 1. The van der Waals surface area contributed by atoms with Gasteiger partial charge in [0.1, 0.15) is 6.54 Å². The number of aromatic nitrogens is 1. The summed E-state index contributed by atoms with van der Waals surface area (Å²) in [7, 11) is -1.99. The number of benzene rings is 3. The van der Waals surface area contributed by atoms with Gasteiger partial charge in [0.2, 0.25) is 15.7 Å². The van der Waals surface area contributed by atoms with E-state index >= 15 is 0 Å². The maximum atomic E-state index is 13.2. The van der Waals surface area contributed by atoms with Crippen LogP contribution in [0.4, 0.5) is 5.69 Å². The van der Waals surface area contributed by atoms with Crippen molar-refractivity contribution in [2.75, 3.05) is 11.9 Å². The van der Waals surface area contributed by atoms with Crippen molar-refractivity contribution in [3.05, 3.63) is 91.1 Å². The van der Waals surface area contributed by atoms with Crippen molar-refractivity contribution in [2.45, 2.75) is 16.3 Å². The van der Waals surface area contributed by atoms with Gasteiger partial charge in [0, 0.05) is 29.8 Å². The fourth-order valence-corrected chi connectivity index (χ4v) is 4.83. The van der Waals surface area contributed by atoms with Crippen molar-refractivity contribution in [3.63, 3.8) is 0 Å². The van der Waals surface area contributed by atoms with Gasteiger partial charge in [-0.2, -0.15) is 0 Å². The largest absolute Gasteiger partial charge is 0.337 e. The molecule has 146 valence electrons. The highest BCUT2D eigenvalue weighted by Gasteiger charge is 2.24. The molecule has 0 saturated carbocycles. The van der Waals surface area contributed by atoms with Crippen LogP contribution in [0.3, 0.4) is 0 Å². The molecule has 0 radical (unpaired) electrons. The third kappa shape index (κ3) is 3.54. The zero-order chi connectivity index (χ0) is 20.4. The number of anilines is 1. The second kappa shape index (κ2) is 7.56. The fourth-order valence-electron chi connectivity index (χ4n) is 3.33. The van der Waals surface area contributed by atoms with E-state index in [4.69, 9.17) is 0 Å². The van der Waals surface area contributed by atoms with Crippen molar-refractivity contribution in [1.82, 2.24) is 4.57 Å². The monoisotopic (exact) mass is 404 g/mol. The van der Waals surface area contributed by atoms with Crippen LogP contribution < -0.4 is 4.90 Å². The van der Waals surface area contributed by atoms with Crippen LogP contribution in [0.2, 0.25) is 0 Å². The Morgan fingerprint density at radius 3 is 2.14 bits per heavy atom. The molecule has 1 heterocycles. The molecule has 0 aliphatic heterocycles. The molecule has 0 saturated heterocycles. The standard InChI is InChI=1S/C23H20N2O3S/c1-24(18-10-4-2-5-11-18)23(26)17-25-16-22(20-14-8-9-15-21(20)25)29(27,28)19-12-6-3-7-13-19/h2-16H,17H2,1H3. The number of nitrogens with zero attached hydrogens (tertiary/aromatic N) is 2. The van der Waals surface area contributed by atoms with E-state index in [1.165, 1.54) is 0 Å². The molecule has 0 aliphatic carbocycles. The molecule has 0 fully saturated rings. The first-order valence-corrected chi connectivity index (χ1v) is 10.7. The lowest BCUT2D eigenvalue weighted by Crippen LogP contribution is -2.29. The van der Waals surface area contributed by atoms with Crippen molar-refractivity contribution >= 4 is 32.3 Å². The number of para-hydroxylation sites is 2. The molecule has 0 atom stereocenters. The number of rotatable bonds is 5. The van der Waals surface area contributed by atoms with Gasteiger partial charge in [0.25, 0.3) is 0 Å². The molecule has 5 nitrogen and oxygen atoms in total. The molecular formula is C23H20N2O3S. The third-order valence-electron chi connectivity index (χ3n) is 4.92. The Hall–Kier alpha value is -3.38. The second-order valence-electron chi connectivity index (χ2n) is 6.74. The maximum absolute atomic E-state index is 13.2. The Bertz CT molecular complexity index is 1260. The van der Waals surface area contributed by atoms with Gasteiger partial charge >= 0.3 is 0 Å². The van der Waals surface area contributed by atoms with Gasteiger partial charge < -0.3 is 9.47 Å². The van der Waals surface area contributed by atoms with E-state index in [0.29, 0.717) is 10.9 Å². The molecular weight excluding hydrogens is 384 g/mol. The van der Waals surface area contributed by atoms with Gasteiger partial charge in [0.05, 0.1) is 9.79 Å². The average Bonchev–Trinajstić information content (AvgIpc) is 3.14. The van der Waals surface area contributed by atoms with Crippen molar-refractivity contribution in [1.29, 1.82) is 0 Å². The van der Waals surface area contributed by atoms with Crippen LogP contribution >= 0.6 is 0 Å². The third-order valence-corrected chi connectivity index (χ3v) is 6.72. The summed E-state index contributed by atoms with van der Waals surface area (Å²) in [5.41, 5.74) is 1.49. The van der Waals surface area contributed by atoms with E-state index in [1.807, 2.05) is 42.5 Å². The number of hydrogen-bond acceptors (Lipinski definition) is 3. The molecule has 1 aromatic heterocycles. The Morgan fingerprint density at radius 1 is 0.862 bits per heavy atom. The first-order chi connectivity index (χ1) is 14.0. The zero-order valence-corrected chi connectivity index (χ0v) is 16.7. The van der Waals surface area contributed by atoms with Gasteiger partial charge in [-0.25, -0.2) is 8.42 Å². The van der Waals surface area contributed by atoms with Crippen LogP contribution in [0.1, 0.15) is 0 Å². The molecule has 6 heteroatoms. The van der Waals surface area contributed by atoms with E-state index in [9.17, 15) is 13.2 Å². The first-order valence-electron chi connectivity index (χ1n) is 9.18. The SMILES string of the molecule is CN(C(=O)Cn1cc(S(=O)(=O)c2ccccc2)c2ccccc21)c1ccccc1. The minimum Gasteiger partial charge on any atom is -0.337 e. The first kappa shape index (κ1) is 19.0. The van der Waals surface area contributed by atoms with Gasteiger partial charge in [-0.15, -0.1) is 0 Å². The van der Waals surface area contributed by atoms with Gasteiger partial charge in [-0.3, -0.25) is 4.79 Å². The second-order valence-corrected chi connectivity index (χ2v) is 8.66. The summed E-state index contributed by atoms with van der Waals surface area (Å²) in [5.74, 6) is -0.138. The number of amides is 1. The van der Waals surface area contributed by atoms with Crippen LogP contribution in [-0.2, 0) is 21.2 Å². The molecule has 0 spiro atoms. The van der Waals surface area contributed by atoms with Gasteiger partial charge in [-0.1, -0.05) is 54.6 Å². The van der Waals surface area contributed by atoms with Crippen molar-refractivity contribution in [2.24, 2.45) is 0 Å². The van der Waals surface area contributed by atoms with E-state index in [1.54, 1.807) is 65.2 Å². The van der Waals surface area contributed by atoms with Crippen molar-refractivity contribution in [3.8, 4) is 0 Å². The number of carbonyl (C=O) groups is 1. The van der Waals surface area contributed by atoms with Gasteiger partial charge in [-0.05, 0) is 30.3 Å². The lowest BCUT2D eigenvalue weighted by Gasteiger charge is -2.18. The molecule has 0 bridgehead atoms. The van der Waals surface area contributed by atoms with Crippen molar-refractivity contribution < 1.29 is 13.2 Å². The Morgan fingerprint density at radius 2 is 1.45 bits per heavy atom. The minimum atomic E-state index is -3.70. The number of sulfone groups is 1. The molecule has 0 aliphatic rings. The Balaban J connectivity index is 1.75. The smallest absolute Gasteiger partial charge is 0.246 e. The van der Waals surface area contributed by atoms with E-state index in [-0.39, 0.29) is 22.2 Å². The molecule has 3 aromatic carbocycles. The van der Waals surface area contributed by atoms with Crippen LogP contribution in [0.25, 0.3) is 10.9 Å². The molecule has 4 rings (SSSR count). The van der Waals surface area contributed by atoms with Crippen LogP contribution in [0, 0.1) is 0 Å². The zero-order valence-electron chi connectivity index (χ0n) is 15.9. The summed E-state index contributed by atoms with van der Waals surface area (Å²) >= 11 is 0. The summed E-state index contributed by atoms with van der Waals surface area (Å²) in [5, 5.41) is 0.603. The van der Waals surface area contributed by atoms with Crippen LogP contribution in [0.15, 0.2) is 101 Å². The fraction of sp³-hybridized carbons (Fsp3) is 0.0870. The lowest BCUT2D eigenvalue weighted by atomic mass is 10.2. The highest BCUT2D eigenvalue weighted by Crippen LogP contribution is 2.30. The molecule has 4 aromatic rings. The van der Waals surface area contributed by atoms with Crippen LogP contribution in [-0.4, -0.2) is 25.9 Å². The molecule has 0 unspecified atom stereocenters. The van der Waals surface area contributed by atoms with E-state index in [0.717, 1.165) is 5.69 Å². The Kier molecular flexibility index (Phi) is 4.94. The number of hydrogen-bond donors (Lipinski definition) is 0. The van der Waals surface area contributed by atoms with Crippen LogP contribution in [0.5, 0.6) is 0 Å². The Labute approximate surface area is 169 Å². The summed E-state index contributed by atoms with van der Waals surface area (Å²) < 4.78 is 28.1. The summed E-state index contributed by atoms with van der Waals surface area (Å²) in [6.07, 6.45) is 1.56. The molecule has 29 heavy (non-hydrogen) atoms. The predicted molar refractivity (Wildman–Crippen MR) is 114 cm³/mol. The normalized spacial score (nSPS) is 11.5. The summed E-state index contributed by atoms with van der Waals surface area (Å²) in [4.78, 5) is 14.8. The van der Waals surface area contributed by atoms with E-state index in [2.05, 4.69) is 0 Å². The number of fused-ring (bicyclic) bond motifs is 1.